The van der Waals surface area contributed by atoms with Crippen LogP contribution in [-0.4, -0.2) is 32.0 Å². The predicted octanol–water partition coefficient (Wildman–Crippen LogP) is 5.12. The van der Waals surface area contributed by atoms with Crippen molar-refractivity contribution in [1.82, 2.24) is 0 Å². The van der Waals surface area contributed by atoms with Crippen molar-refractivity contribution in [2.75, 3.05) is 14.1 Å². The molecule has 0 unspecified atom stereocenters. The van der Waals surface area contributed by atoms with Crippen LogP contribution >= 0.6 is 0 Å². The van der Waals surface area contributed by atoms with Crippen LogP contribution in [0.2, 0.25) is 18.6 Å². The molecule has 0 aliphatic heterocycles. The second kappa shape index (κ2) is 4.59. The van der Waals surface area contributed by atoms with Gasteiger partial charge in [0.1, 0.15) is 0 Å². The van der Waals surface area contributed by atoms with Gasteiger partial charge in [-0.1, -0.05) is 11.1 Å². The molecular weight excluding hydrogens is 246 g/mol. The van der Waals surface area contributed by atoms with Gasteiger partial charge in [-0.3, -0.25) is 0 Å². The molecule has 1 rings (SSSR count). The minimum atomic E-state index is -1.52. The molecule has 0 aromatic rings. The fraction of sp³-hybridized carbons (Fsp3) is 0.765. The Labute approximate surface area is 122 Å². The summed E-state index contributed by atoms with van der Waals surface area (Å²) in [5.74, 6) is 0. The molecule has 0 spiro atoms. The molecular formula is C17H34NSi+. The Morgan fingerprint density at radius 2 is 1.16 bits per heavy atom. The molecule has 0 bridgehead atoms. The third-order valence-electron chi connectivity index (χ3n) is 6.44. The molecule has 0 radical (unpaired) electrons. The van der Waals surface area contributed by atoms with Crippen LogP contribution in [0.15, 0.2) is 22.3 Å². The maximum atomic E-state index is 2.57. The highest BCUT2D eigenvalue weighted by Gasteiger charge is 2.55. The van der Waals surface area contributed by atoms with Crippen LogP contribution in [0.3, 0.4) is 0 Å². The third kappa shape index (κ3) is 2.27. The van der Waals surface area contributed by atoms with Gasteiger partial charge in [-0.15, -0.1) is 0 Å². The molecule has 1 aliphatic carbocycles. The Balaban J connectivity index is 3.39. The van der Waals surface area contributed by atoms with Crippen LogP contribution < -0.4 is 0 Å². The minimum absolute atomic E-state index is 0.292. The fourth-order valence-corrected chi connectivity index (χ4v) is 8.52. The van der Waals surface area contributed by atoms with Gasteiger partial charge in [0.25, 0.3) is 8.24 Å². The van der Waals surface area contributed by atoms with Crippen molar-refractivity contribution in [2.45, 2.75) is 72.6 Å². The largest absolute Gasteiger partial charge is 0.384 e. The van der Waals surface area contributed by atoms with Gasteiger partial charge >= 0.3 is 0 Å². The van der Waals surface area contributed by atoms with E-state index in [4.69, 9.17) is 0 Å². The zero-order valence-electron chi connectivity index (χ0n) is 15.0. The summed E-state index contributed by atoms with van der Waals surface area (Å²) in [6.07, 6.45) is 0. The van der Waals surface area contributed by atoms with Gasteiger partial charge in [-0.05, 0) is 72.7 Å². The molecule has 0 amide bonds. The zero-order chi connectivity index (χ0) is 15.4. The smallest absolute Gasteiger partial charge is 0.290 e. The molecule has 19 heavy (non-hydrogen) atoms. The van der Waals surface area contributed by atoms with E-state index >= 15 is 0 Å². The second-order valence-corrected chi connectivity index (χ2v) is 13.3. The molecule has 110 valence electrons. The maximum absolute atomic E-state index is 2.57. The average Bonchev–Trinajstić information content (AvgIpc) is 2.41. The summed E-state index contributed by atoms with van der Waals surface area (Å²) in [7, 11) is 3.36. The van der Waals surface area contributed by atoms with Crippen molar-refractivity contribution in [1.29, 1.82) is 0 Å². The standard InChI is InChI=1S/C17H34NSi/c1-12-13(2)15(4)16(14(12)3)19(10,11)18(8,9)17(5,6)7/h16H,1-11H3/q+1. The van der Waals surface area contributed by atoms with Gasteiger partial charge in [0.05, 0.1) is 19.6 Å². The van der Waals surface area contributed by atoms with Gasteiger partial charge in [-0.2, -0.15) is 0 Å². The topological polar surface area (TPSA) is 0 Å². The molecule has 0 atom stereocenters. The Morgan fingerprint density at radius 3 is 1.42 bits per heavy atom. The van der Waals surface area contributed by atoms with Crippen molar-refractivity contribution in [3.05, 3.63) is 22.3 Å². The van der Waals surface area contributed by atoms with Crippen molar-refractivity contribution >= 4 is 8.24 Å². The van der Waals surface area contributed by atoms with Crippen LogP contribution in [0.4, 0.5) is 0 Å². The summed E-state index contributed by atoms with van der Waals surface area (Å²) < 4.78 is 1.15. The van der Waals surface area contributed by atoms with E-state index < -0.39 is 8.24 Å². The molecule has 1 aliphatic rings. The van der Waals surface area contributed by atoms with Gasteiger partial charge < -0.3 is 4.15 Å². The summed E-state index contributed by atoms with van der Waals surface area (Å²) in [6, 6.07) is 0. The molecule has 0 aromatic carbocycles. The summed E-state index contributed by atoms with van der Waals surface area (Å²) >= 11 is 0. The van der Waals surface area contributed by atoms with Crippen molar-refractivity contribution < 1.29 is 4.15 Å². The van der Waals surface area contributed by atoms with Gasteiger partial charge in [0, 0.05) is 5.54 Å². The molecule has 0 heterocycles. The van der Waals surface area contributed by atoms with Gasteiger partial charge in [-0.25, -0.2) is 0 Å². The molecule has 0 fully saturated rings. The van der Waals surface area contributed by atoms with Crippen LogP contribution in [0.25, 0.3) is 0 Å². The van der Waals surface area contributed by atoms with Crippen LogP contribution in [0, 0.1) is 0 Å². The van der Waals surface area contributed by atoms with E-state index in [2.05, 4.69) is 75.7 Å². The Bertz CT molecular complexity index is 420. The minimum Gasteiger partial charge on any atom is -0.384 e. The number of hydrogen-bond acceptors (Lipinski definition) is 0. The molecule has 2 heteroatoms. The van der Waals surface area contributed by atoms with E-state index in [0.29, 0.717) is 11.1 Å². The molecule has 0 N–H and O–H groups in total. The highest BCUT2D eigenvalue weighted by atomic mass is 28.3. The first-order chi connectivity index (χ1) is 8.26. The van der Waals surface area contributed by atoms with Crippen LogP contribution in [0.5, 0.6) is 0 Å². The number of hydrogen-bond donors (Lipinski definition) is 0. The first-order valence-electron chi connectivity index (χ1n) is 7.46. The lowest BCUT2D eigenvalue weighted by molar-refractivity contribution is -0.843. The summed E-state index contributed by atoms with van der Waals surface area (Å²) in [5, 5.41) is 0. The third-order valence-corrected chi connectivity index (χ3v) is 12.3. The first kappa shape index (κ1) is 16.7. The lowest BCUT2D eigenvalue weighted by Gasteiger charge is -2.55. The molecule has 0 aromatic heterocycles. The van der Waals surface area contributed by atoms with E-state index in [1.54, 1.807) is 11.1 Å². The van der Waals surface area contributed by atoms with Crippen molar-refractivity contribution in [3.8, 4) is 0 Å². The number of nitrogens with zero attached hydrogens (tertiary/aromatic N) is 1. The van der Waals surface area contributed by atoms with Crippen LogP contribution in [-0.2, 0) is 0 Å². The van der Waals surface area contributed by atoms with Gasteiger partial charge in [0.2, 0.25) is 0 Å². The molecule has 1 nitrogen and oxygen atoms in total. The quantitative estimate of drug-likeness (QED) is 0.616. The Hall–Kier alpha value is -0.343. The summed E-state index contributed by atoms with van der Waals surface area (Å²) in [6.45, 7) is 21.6. The normalized spacial score (nSPS) is 19.7. The molecule has 0 saturated carbocycles. The SMILES string of the molecule is CC1=C(C)C([Si](C)(C)[N+](C)(C)C(C)(C)C)C(C)=C1C. The summed E-state index contributed by atoms with van der Waals surface area (Å²) in [4.78, 5) is 0. The van der Waals surface area contributed by atoms with E-state index in [0.717, 1.165) is 4.15 Å². The fourth-order valence-electron chi connectivity index (χ4n) is 3.60. The average molecular weight is 281 g/mol. The maximum Gasteiger partial charge on any atom is 0.290 e. The monoisotopic (exact) mass is 280 g/mol. The highest BCUT2D eigenvalue weighted by Crippen LogP contribution is 2.50. The lowest BCUT2D eigenvalue weighted by Crippen LogP contribution is -2.70. The van der Waals surface area contributed by atoms with E-state index in [1.165, 1.54) is 11.1 Å². The lowest BCUT2D eigenvalue weighted by atomic mass is 10.1. The second-order valence-electron chi connectivity index (χ2n) is 8.33. The van der Waals surface area contributed by atoms with Crippen molar-refractivity contribution in [3.63, 3.8) is 0 Å². The number of quaternary nitrogens is 1. The van der Waals surface area contributed by atoms with E-state index in [9.17, 15) is 0 Å². The van der Waals surface area contributed by atoms with Crippen molar-refractivity contribution in [2.24, 2.45) is 0 Å². The van der Waals surface area contributed by atoms with Crippen LogP contribution in [0.1, 0.15) is 48.5 Å². The Morgan fingerprint density at radius 1 is 0.842 bits per heavy atom. The van der Waals surface area contributed by atoms with E-state index in [-0.39, 0.29) is 0 Å². The summed E-state index contributed by atoms with van der Waals surface area (Å²) in [5.41, 5.74) is 7.32. The predicted molar refractivity (Wildman–Crippen MR) is 89.8 cm³/mol. The zero-order valence-corrected chi connectivity index (χ0v) is 16.0. The highest BCUT2D eigenvalue weighted by molar-refractivity contribution is 6.73. The first-order valence-corrected chi connectivity index (χ1v) is 10.5. The Kier molecular flexibility index (Phi) is 4.04. The van der Waals surface area contributed by atoms with E-state index in [1.807, 2.05) is 0 Å². The number of rotatable bonds is 2. The number of allylic oxidation sites excluding steroid dienone is 4. The van der Waals surface area contributed by atoms with Gasteiger partial charge in [0.15, 0.2) is 0 Å². The molecule has 0 saturated heterocycles.